The molecule has 4 nitrogen and oxygen atoms in total. The summed E-state index contributed by atoms with van der Waals surface area (Å²) in [5, 5.41) is 0. The van der Waals surface area contributed by atoms with E-state index in [2.05, 4.69) is 30.3 Å². The summed E-state index contributed by atoms with van der Waals surface area (Å²) in [6.45, 7) is 6.80. The fraction of sp³-hybridized carbons (Fsp3) is 0.429. The van der Waals surface area contributed by atoms with Gasteiger partial charge in [0.05, 0.1) is 33.5 Å². The molecule has 2 aromatic rings. The molecule has 0 N–H and O–H groups in total. The molecule has 1 heterocycles. The molecule has 0 aromatic heterocycles. The van der Waals surface area contributed by atoms with Crippen molar-refractivity contribution < 1.29 is 18.7 Å². The van der Waals surface area contributed by atoms with Crippen LogP contribution in [-0.4, -0.2) is 51.0 Å². The molecule has 0 atom stereocenters. The Labute approximate surface area is 150 Å². The van der Waals surface area contributed by atoms with E-state index in [1.807, 2.05) is 24.3 Å². The van der Waals surface area contributed by atoms with E-state index in [1.165, 1.54) is 5.56 Å². The number of benzene rings is 2. The van der Waals surface area contributed by atoms with Gasteiger partial charge in [-0.3, -0.25) is 0 Å². The number of hydrogen-bond acceptors (Lipinski definition) is 3. The van der Waals surface area contributed by atoms with Crippen molar-refractivity contribution in [1.29, 1.82) is 0 Å². The van der Waals surface area contributed by atoms with E-state index in [1.54, 1.807) is 7.11 Å². The van der Waals surface area contributed by atoms with Gasteiger partial charge in [0, 0.05) is 12.0 Å². The molecule has 0 unspecified atom stereocenters. The monoisotopic (exact) mass is 342 g/mol. The van der Waals surface area contributed by atoms with Crippen LogP contribution in [0.5, 0.6) is 11.5 Å². The van der Waals surface area contributed by atoms with Gasteiger partial charge in [-0.2, -0.15) is 0 Å². The average Bonchev–Trinajstić information content (AvgIpc) is 2.67. The zero-order valence-electron chi connectivity index (χ0n) is 15.0. The number of ether oxygens (including phenoxy) is 3. The smallest absolute Gasteiger partial charge is 0.119 e. The molecular weight excluding hydrogens is 314 g/mol. The van der Waals surface area contributed by atoms with Crippen molar-refractivity contribution in [3.05, 3.63) is 60.2 Å². The second kappa shape index (κ2) is 8.88. The molecule has 4 heteroatoms. The predicted octanol–water partition coefficient (Wildman–Crippen LogP) is 3.51. The Morgan fingerprint density at radius 2 is 1.60 bits per heavy atom. The van der Waals surface area contributed by atoms with Gasteiger partial charge in [-0.15, -0.1) is 0 Å². The zero-order chi connectivity index (χ0) is 17.4. The molecular formula is C21H28NO3+. The highest BCUT2D eigenvalue weighted by atomic mass is 16.5. The average molecular weight is 342 g/mol. The molecule has 25 heavy (non-hydrogen) atoms. The minimum absolute atomic E-state index is 0.738. The molecule has 1 aliphatic heterocycles. The minimum Gasteiger partial charge on any atom is -0.497 e. The topological polar surface area (TPSA) is 27.7 Å². The normalized spacial score (nSPS) is 16.4. The number of rotatable bonds is 8. The fourth-order valence-electron chi connectivity index (χ4n) is 3.42. The minimum atomic E-state index is 0.738. The molecule has 0 spiro atoms. The molecule has 0 bridgehead atoms. The summed E-state index contributed by atoms with van der Waals surface area (Å²) < 4.78 is 17.8. The molecule has 0 saturated carbocycles. The lowest BCUT2D eigenvalue weighted by Gasteiger charge is -2.41. The first-order chi connectivity index (χ1) is 12.3. The van der Waals surface area contributed by atoms with E-state index in [0.717, 1.165) is 68.4 Å². The van der Waals surface area contributed by atoms with Crippen LogP contribution in [0.4, 0.5) is 0 Å². The van der Waals surface area contributed by atoms with E-state index in [4.69, 9.17) is 14.2 Å². The number of nitrogens with zero attached hydrogens (tertiary/aromatic N) is 1. The van der Waals surface area contributed by atoms with E-state index >= 15 is 0 Å². The van der Waals surface area contributed by atoms with Crippen LogP contribution in [0.15, 0.2) is 54.6 Å². The highest BCUT2D eigenvalue weighted by Crippen LogP contribution is 2.20. The lowest BCUT2D eigenvalue weighted by atomic mass is 10.1. The summed E-state index contributed by atoms with van der Waals surface area (Å²) >= 11 is 0. The summed E-state index contributed by atoms with van der Waals surface area (Å²) in [6, 6.07) is 18.6. The van der Waals surface area contributed by atoms with Crippen molar-refractivity contribution in [3.63, 3.8) is 0 Å². The third-order valence-electron chi connectivity index (χ3n) is 4.89. The highest BCUT2D eigenvalue weighted by molar-refractivity contribution is 5.31. The van der Waals surface area contributed by atoms with Gasteiger partial charge in [0.15, 0.2) is 0 Å². The second-order valence-corrected chi connectivity index (χ2v) is 6.65. The fourth-order valence-corrected chi connectivity index (χ4v) is 3.42. The van der Waals surface area contributed by atoms with Gasteiger partial charge < -0.3 is 18.7 Å². The number of hydrogen-bond donors (Lipinski definition) is 0. The third-order valence-corrected chi connectivity index (χ3v) is 4.89. The Kier molecular flexibility index (Phi) is 6.31. The van der Waals surface area contributed by atoms with Crippen LogP contribution in [0.3, 0.4) is 0 Å². The molecule has 134 valence electrons. The number of quaternary nitrogens is 1. The van der Waals surface area contributed by atoms with Crippen LogP contribution >= 0.6 is 0 Å². The molecule has 0 aliphatic carbocycles. The van der Waals surface area contributed by atoms with Gasteiger partial charge >= 0.3 is 0 Å². The number of methoxy groups -OCH3 is 1. The first-order valence-electron chi connectivity index (χ1n) is 9.03. The van der Waals surface area contributed by atoms with Crippen molar-refractivity contribution in [2.24, 2.45) is 0 Å². The van der Waals surface area contributed by atoms with Crippen LogP contribution in [0.1, 0.15) is 12.0 Å². The van der Waals surface area contributed by atoms with Gasteiger partial charge in [-0.05, 0) is 24.3 Å². The maximum absolute atomic E-state index is 5.89. The second-order valence-electron chi connectivity index (χ2n) is 6.65. The molecule has 0 radical (unpaired) electrons. The van der Waals surface area contributed by atoms with E-state index in [9.17, 15) is 0 Å². The summed E-state index contributed by atoms with van der Waals surface area (Å²) in [5.41, 5.74) is 1.40. The molecule has 1 saturated heterocycles. The van der Waals surface area contributed by atoms with Gasteiger partial charge in [0.1, 0.15) is 31.1 Å². The molecule has 0 amide bonds. The van der Waals surface area contributed by atoms with Crippen molar-refractivity contribution >= 4 is 0 Å². The van der Waals surface area contributed by atoms with Crippen molar-refractivity contribution in [3.8, 4) is 11.5 Å². The Morgan fingerprint density at radius 3 is 2.28 bits per heavy atom. The Hall–Kier alpha value is -2.04. The Morgan fingerprint density at radius 1 is 0.920 bits per heavy atom. The quantitative estimate of drug-likeness (QED) is 0.543. The maximum atomic E-state index is 5.89. The van der Waals surface area contributed by atoms with Gasteiger partial charge in [-0.25, -0.2) is 0 Å². The van der Waals surface area contributed by atoms with Crippen LogP contribution in [-0.2, 0) is 11.3 Å². The predicted molar refractivity (Wildman–Crippen MR) is 98.9 cm³/mol. The summed E-state index contributed by atoms with van der Waals surface area (Å²) in [4.78, 5) is 0. The Bertz CT molecular complexity index is 621. The van der Waals surface area contributed by atoms with E-state index in [-0.39, 0.29) is 0 Å². The maximum Gasteiger partial charge on any atom is 0.119 e. The SMILES string of the molecule is COc1ccc(OCCC[N+]2(Cc3ccccc3)CCOCC2)cc1. The first kappa shape index (κ1) is 17.8. The zero-order valence-corrected chi connectivity index (χ0v) is 15.0. The standard InChI is InChI=1S/C21H28NO3/c1-23-20-8-10-21(11-9-20)25-15-5-12-22(13-16-24-17-14-22)18-19-6-3-2-4-7-19/h2-4,6-11H,5,12-18H2,1H3/q+1. The van der Waals surface area contributed by atoms with Crippen molar-refractivity contribution in [1.82, 2.24) is 0 Å². The van der Waals surface area contributed by atoms with Crippen molar-refractivity contribution in [2.45, 2.75) is 13.0 Å². The lowest BCUT2D eigenvalue weighted by Crippen LogP contribution is -2.55. The largest absolute Gasteiger partial charge is 0.497 e. The van der Waals surface area contributed by atoms with Crippen LogP contribution in [0.2, 0.25) is 0 Å². The highest BCUT2D eigenvalue weighted by Gasteiger charge is 2.30. The van der Waals surface area contributed by atoms with Crippen molar-refractivity contribution in [2.75, 3.05) is 46.6 Å². The third kappa shape index (κ3) is 5.21. The van der Waals surface area contributed by atoms with E-state index < -0.39 is 0 Å². The Balaban J connectivity index is 1.52. The van der Waals surface area contributed by atoms with Crippen LogP contribution in [0, 0.1) is 0 Å². The summed E-state index contributed by atoms with van der Waals surface area (Å²) in [7, 11) is 1.67. The molecule has 1 aliphatic rings. The van der Waals surface area contributed by atoms with Crippen LogP contribution < -0.4 is 9.47 Å². The van der Waals surface area contributed by atoms with Gasteiger partial charge in [0.25, 0.3) is 0 Å². The van der Waals surface area contributed by atoms with E-state index in [0.29, 0.717) is 0 Å². The number of morpholine rings is 1. The van der Waals surface area contributed by atoms with Crippen LogP contribution in [0.25, 0.3) is 0 Å². The van der Waals surface area contributed by atoms with Gasteiger partial charge in [-0.1, -0.05) is 30.3 Å². The summed E-state index contributed by atoms with van der Waals surface area (Å²) in [5.74, 6) is 1.76. The molecule has 1 fully saturated rings. The molecule has 3 rings (SSSR count). The summed E-state index contributed by atoms with van der Waals surface area (Å²) in [6.07, 6.45) is 1.04. The molecule has 2 aromatic carbocycles. The lowest BCUT2D eigenvalue weighted by molar-refractivity contribution is -0.947. The van der Waals surface area contributed by atoms with Gasteiger partial charge in [0.2, 0.25) is 0 Å². The first-order valence-corrected chi connectivity index (χ1v) is 9.03.